The summed E-state index contributed by atoms with van der Waals surface area (Å²) in [6.07, 6.45) is 5.89. The Morgan fingerprint density at radius 3 is 2.54 bits per heavy atom. The fraction of sp³-hybridized carbons (Fsp3) is 0.400. The number of aliphatic hydroxyl groups is 1. The standard InChI is InChI=1S/C30H34N6O3/c1-33(2)18-23-16-24(10-11-25(23)21-6-4-3-5-7-21)36-27-26(17-32-36)29(38)35(20-31-27)19-30(39)12-14-34(15-13-30)28(37)22-8-9-22/h3-7,10-11,16-17,20,22,39H,8-9,12-15,18-19H2,1-2H3. The SMILES string of the molecule is CN(C)Cc1cc(-n2ncc3c(=O)n(CC4(O)CCN(C(=O)C5CC5)CC4)cnc32)ccc1-c1ccccc1. The fourth-order valence-corrected chi connectivity index (χ4v) is 5.54. The number of likely N-dealkylation sites (tertiary alicyclic amines) is 1. The molecule has 1 aliphatic heterocycles. The van der Waals surface area contributed by atoms with Crippen LogP contribution < -0.4 is 5.56 Å². The van der Waals surface area contributed by atoms with Crippen molar-refractivity contribution in [3.63, 3.8) is 0 Å². The molecule has 2 aliphatic rings. The number of fused-ring (bicyclic) bond motifs is 1. The Hall–Kier alpha value is -3.82. The van der Waals surface area contributed by atoms with Gasteiger partial charge in [-0.15, -0.1) is 0 Å². The lowest BCUT2D eigenvalue weighted by Crippen LogP contribution is -2.50. The van der Waals surface area contributed by atoms with E-state index < -0.39 is 5.60 Å². The van der Waals surface area contributed by atoms with Crippen molar-refractivity contribution in [3.8, 4) is 16.8 Å². The van der Waals surface area contributed by atoms with Gasteiger partial charge in [-0.1, -0.05) is 36.4 Å². The number of carbonyl (C=O) groups is 1. The number of piperidine rings is 1. The van der Waals surface area contributed by atoms with Crippen molar-refractivity contribution in [2.45, 2.75) is 44.4 Å². The van der Waals surface area contributed by atoms with Crippen molar-refractivity contribution in [1.29, 1.82) is 0 Å². The van der Waals surface area contributed by atoms with Crippen molar-refractivity contribution in [3.05, 3.63) is 77.0 Å². The largest absolute Gasteiger partial charge is 0.388 e. The van der Waals surface area contributed by atoms with Gasteiger partial charge in [0.1, 0.15) is 11.7 Å². The van der Waals surface area contributed by atoms with E-state index in [1.807, 2.05) is 43.3 Å². The zero-order valence-electron chi connectivity index (χ0n) is 22.5. The molecule has 3 heterocycles. The molecule has 39 heavy (non-hydrogen) atoms. The Balaban J connectivity index is 1.26. The Kier molecular flexibility index (Phi) is 6.56. The van der Waals surface area contributed by atoms with Crippen LogP contribution in [-0.2, 0) is 17.9 Å². The van der Waals surface area contributed by atoms with Crippen LogP contribution in [0.1, 0.15) is 31.2 Å². The maximum Gasteiger partial charge on any atom is 0.264 e. The average molecular weight is 527 g/mol. The van der Waals surface area contributed by atoms with Gasteiger partial charge < -0.3 is 14.9 Å². The molecule has 0 bridgehead atoms. The number of hydrogen-bond donors (Lipinski definition) is 1. The molecular formula is C30H34N6O3. The third-order valence-electron chi connectivity index (χ3n) is 7.86. The highest BCUT2D eigenvalue weighted by atomic mass is 16.3. The highest BCUT2D eigenvalue weighted by molar-refractivity contribution is 5.81. The van der Waals surface area contributed by atoms with E-state index in [1.54, 1.807) is 10.9 Å². The number of amides is 1. The van der Waals surface area contributed by atoms with Gasteiger partial charge in [0.05, 0.1) is 24.0 Å². The van der Waals surface area contributed by atoms with Crippen LogP contribution in [0.3, 0.4) is 0 Å². The molecule has 6 rings (SSSR count). The molecule has 2 fully saturated rings. The molecule has 0 atom stereocenters. The highest BCUT2D eigenvalue weighted by Crippen LogP contribution is 2.33. The minimum atomic E-state index is -1.05. The normalized spacial score (nSPS) is 17.2. The zero-order chi connectivity index (χ0) is 27.1. The monoisotopic (exact) mass is 526 g/mol. The molecule has 1 N–H and O–H groups in total. The lowest BCUT2D eigenvalue weighted by molar-refractivity contribution is -0.137. The Morgan fingerprint density at radius 1 is 1.10 bits per heavy atom. The van der Waals surface area contributed by atoms with E-state index in [0.717, 1.165) is 41.8 Å². The number of nitrogens with zero attached hydrogens (tertiary/aromatic N) is 6. The smallest absolute Gasteiger partial charge is 0.264 e. The van der Waals surface area contributed by atoms with E-state index in [-0.39, 0.29) is 23.9 Å². The van der Waals surface area contributed by atoms with E-state index in [9.17, 15) is 14.7 Å². The Bertz CT molecular complexity index is 1560. The molecule has 0 spiro atoms. The van der Waals surface area contributed by atoms with Crippen LogP contribution in [0.15, 0.2) is 65.8 Å². The minimum absolute atomic E-state index is 0.143. The van der Waals surface area contributed by atoms with E-state index >= 15 is 0 Å². The van der Waals surface area contributed by atoms with Gasteiger partial charge in [-0.05, 0) is 68.6 Å². The zero-order valence-corrected chi connectivity index (χ0v) is 22.5. The summed E-state index contributed by atoms with van der Waals surface area (Å²) in [5, 5.41) is 16.2. The topological polar surface area (TPSA) is 96.5 Å². The van der Waals surface area contributed by atoms with E-state index in [2.05, 4.69) is 39.2 Å². The first-order valence-electron chi connectivity index (χ1n) is 13.6. The molecule has 202 valence electrons. The van der Waals surface area contributed by atoms with Crippen LogP contribution >= 0.6 is 0 Å². The summed E-state index contributed by atoms with van der Waals surface area (Å²) in [6.45, 7) is 1.93. The van der Waals surface area contributed by atoms with Gasteiger partial charge in [-0.25, -0.2) is 9.67 Å². The summed E-state index contributed by atoms with van der Waals surface area (Å²) in [5.74, 6) is 0.380. The lowest BCUT2D eigenvalue weighted by Gasteiger charge is -2.38. The van der Waals surface area contributed by atoms with Gasteiger partial charge in [-0.3, -0.25) is 14.2 Å². The molecule has 1 saturated carbocycles. The second-order valence-corrected chi connectivity index (χ2v) is 11.2. The van der Waals surface area contributed by atoms with Crippen LogP contribution in [-0.4, -0.2) is 72.9 Å². The summed E-state index contributed by atoms with van der Waals surface area (Å²) in [6, 6.07) is 16.5. The lowest BCUT2D eigenvalue weighted by atomic mass is 9.91. The maximum atomic E-state index is 13.4. The third kappa shape index (κ3) is 5.12. The molecule has 4 aromatic rings. The second-order valence-electron chi connectivity index (χ2n) is 11.2. The molecule has 0 radical (unpaired) electrons. The average Bonchev–Trinajstić information content (AvgIpc) is 3.69. The van der Waals surface area contributed by atoms with Gasteiger partial charge >= 0.3 is 0 Å². The summed E-state index contributed by atoms with van der Waals surface area (Å²) in [5.41, 5.74) is 3.48. The number of carbonyl (C=O) groups excluding carboxylic acids is 1. The molecule has 1 amide bonds. The number of aromatic nitrogens is 4. The van der Waals surface area contributed by atoms with E-state index in [1.165, 1.54) is 10.9 Å². The van der Waals surface area contributed by atoms with Crippen molar-refractivity contribution in [1.82, 2.24) is 29.1 Å². The predicted molar refractivity (Wildman–Crippen MR) is 149 cm³/mol. The van der Waals surface area contributed by atoms with Crippen LogP contribution in [0.25, 0.3) is 27.8 Å². The fourth-order valence-electron chi connectivity index (χ4n) is 5.54. The summed E-state index contributed by atoms with van der Waals surface area (Å²) in [7, 11) is 4.08. The third-order valence-corrected chi connectivity index (χ3v) is 7.86. The van der Waals surface area contributed by atoms with Crippen LogP contribution in [0.2, 0.25) is 0 Å². The summed E-state index contributed by atoms with van der Waals surface area (Å²) >= 11 is 0. The van der Waals surface area contributed by atoms with Gasteiger partial charge in [0.2, 0.25) is 5.91 Å². The van der Waals surface area contributed by atoms with Crippen molar-refractivity contribution in [2.24, 2.45) is 5.92 Å². The minimum Gasteiger partial charge on any atom is -0.388 e. The predicted octanol–water partition coefficient (Wildman–Crippen LogP) is 3.07. The van der Waals surface area contributed by atoms with E-state index in [4.69, 9.17) is 0 Å². The Labute approximate surface area is 227 Å². The van der Waals surface area contributed by atoms with Gasteiger partial charge in [0.15, 0.2) is 5.65 Å². The number of rotatable bonds is 7. The Morgan fingerprint density at radius 2 is 1.85 bits per heavy atom. The van der Waals surface area contributed by atoms with Crippen molar-refractivity contribution < 1.29 is 9.90 Å². The molecule has 2 aromatic carbocycles. The van der Waals surface area contributed by atoms with Gasteiger partial charge in [0, 0.05) is 25.6 Å². The maximum absolute atomic E-state index is 13.4. The molecule has 1 aliphatic carbocycles. The first-order valence-corrected chi connectivity index (χ1v) is 13.6. The molecule has 9 nitrogen and oxygen atoms in total. The quantitative estimate of drug-likeness (QED) is 0.398. The molecular weight excluding hydrogens is 492 g/mol. The van der Waals surface area contributed by atoms with Crippen LogP contribution in [0, 0.1) is 5.92 Å². The highest BCUT2D eigenvalue weighted by Gasteiger charge is 2.39. The molecule has 9 heteroatoms. The number of benzene rings is 2. The van der Waals surface area contributed by atoms with Crippen LogP contribution in [0.5, 0.6) is 0 Å². The summed E-state index contributed by atoms with van der Waals surface area (Å²) < 4.78 is 3.17. The van der Waals surface area contributed by atoms with Crippen molar-refractivity contribution >= 4 is 16.9 Å². The van der Waals surface area contributed by atoms with Crippen molar-refractivity contribution in [2.75, 3.05) is 27.2 Å². The molecule has 2 aromatic heterocycles. The molecule has 1 saturated heterocycles. The van der Waals surface area contributed by atoms with E-state index in [0.29, 0.717) is 37.0 Å². The van der Waals surface area contributed by atoms with Gasteiger partial charge in [-0.2, -0.15) is 5.10 Å². The summed E-state index contributed by atoms with van der Waals surface area (Å²) in [4.78, 5) is 34.4. The number of hydrogen-bond acceptors (Lipinski definition) is 6. The first kappa shape index (κ1) is 25.5. The second kappa shape index (κ2) is 10.1. The van der Waals surface area contributed by atoms with Crippen LogP contribution in [0.4, 0.5) is 0 Å². The molecule has 0 unspecified atom stereocenters. The van der Waals surface area contributed by atoms with Gasteiger partial charge in [0.25, 0.3) is 5.56 Å². The first-order chi connectivity index (χ1) is 18.8.